The fourth-order valence-corrected chi connectivity index (χ4v) is 9.17. The normalized spacial score (nSPS) is 14.6. The number of ether oxygens (including phenoxy) is 3. The zero-order valence-electron chi connectivity index (χ0n) is 31.9. The second-order valence-corrected chi connectivity index (χ2v) is 15.7. The van der Waals surface area contributed by atoms with Crippen LogP contribution >= 0.6 is 22.7 Å². The summed E-state index contributed by atoms with van der Waals surface area (Å²) < 4.78 is 20.5. The summed E-state index contributed by atoms with van der Waals surface area (Å²) in [5, 5.41) is 7.43. The Labute approximate surface area is 334 Å². The number of imidazole rings is 2. The molecule has 0 radical (unpaired) electrons. The number of nitrogen functional groups attached to an aromatic ring is 1. The predicted octanol–water partition coefficient (Wildman–Crippen LogP) is 8.18. The van der Waals surface area contributed by atoms with Crippen LogP contribution in [-0.4, -0.2) is 82.0 Å². The number of carbonyl (C=O) groups is 1. The predicted molar refractivity (Wildman–Crippen MR) is 224 cm³/mol. The molecule has 7 aromatic rings. The molecule has 1 amide bonds. The van der Waals surface area contributed by atoms with Crippen LogP contribution < -0.4 is 25.3 Å². The molecule has 4 aromatic heterocycles. The Kier molecular flexibility index (Phi) is 11.2. The molecule has 12 nitrogen and oxygen atoms in total. The number of nitrogens with one attached hydrogen (secondary N) is 1. The summed E-state index contributed by atoms with van der Waals surface area (Å²) in [6.07, 6.45) is 9.35. The van der Waals surface area contributed by atoms with Gasteiger partial charge in [0, 0.05) is 70.0 Å². The molecule has 3 aromatic carbocycles. The van der Waals surface area contributed by atoms with Gasteiger partial charge in [-0.2, -0.15) is 0 Å². The van der Waals surface area contributed by atoms with Crippen molar-refractivity contribution in [1.29, 1.82) is 0 Å². The summed E-state index contributed by atoms with van der Waals surface area (Å²) in [5.74, 6) is 0.998. The average Bonchev–Trinajstić information content (AvgIpc) is 4.08. The molecule has 0 atom stereocenters. The zero-order valence-corrected chi connectivity index (χ0v) is 33.5. The summed E-state index contributed by atoms with van der Waals surface area (Å²) >= 11 is 3.34. The van der Waals surface area contributed by atoms with E-state index in [9.17, 15) is 4.79 Å². The van der Waals surface area contributed by atoms with Gasteiger partial charge in [0.25, 0.3) is 5.91 Å². The van der Waals surface area contributed by atoms with Crippen molar-refractivity contribution >= 4 is 49.9 Å². The molecule has 9 rings (SSSR count). The number of methoxy groups -OCH3 is 3. The fraction of sp³-hybridized carbons (Fsp3) is 0.310. The number of nitrogens with two attached hydrogens (primary N) is 1. The van der Waals surface area contributed by atoms with Gasteiger partial charge in [-0.1, -0.05) is 36.4 Å². The Bertz CT molecular complexity index is 2430. The Morgan fingerprint density at radius 3 is 1.73 bits per heavy atom. The SMILES string of the molecule is COc1cc(C(=O)Nc2ccccc2-c2cn3c(CN4CCCC4)csc3n2)cc(OC)c1OC.Nc1ccccc1-c1cn2c(CN3CCCC3)csc2n1. The van der Waals surface area contributed by atoms with Gasteiger partial charge in [0.05, 0.1) is 38.4 Å². The number of nitrogens with zero attached hydrogens (tertiary/aromatic N) is 6. The second-order valence-electron chi connectivity index (χ2n) is 14.0. The molecule has 3 N–H and O–H groups in total. The van der Waals surface area contributed by atoms with Crippen molar-refractivity contribution in [2.24, 2.45) is 0 Å². The maximum atomic E-state index is 13.2. The summed E-state index contributed by atoms with van der Waals surface area (Å²) in [5.41, 5.74) is 14.1. The molecule has 6 heterocycles. The van der Waals surface area contributed by atoms with Gasteiger partial charge in [-0.25, -0.2) is 9.97 Å². The number of carbonyl (C=O) groups excluding carboxylic acids is 1. The third-order valence-corrected chi connectivity index (χ3v) is 12.1. The first kappa shape index (κ1) is 37.5. The number of para-hydroxylation sites is 2. The summed E-state index contributed by atoms with van der Waals surface area (Å²) in [6.45, 7) is 6.66. The third-order valence-electron chi connectivity index (χ3n) is 10.4. The molecule has 2 aliphatic heterocycles. The maximum absolute atomic E-state index is 13.2. The number of likely N-dealkylation sites (tertiary alicyclic amines) is 2. The van der Waals surface area contributed by atoms with E-state index in [1.54, 1.807) is 34.8 Å². The number of hydrogen-bond acceptors (Lipinski definition) is 11. The molecule has 0 aliphatic carbocycles. The van der Waals surface area contributed by atoms with Crippen molar-refractivity contribution in [1.82, 2.24) is 28.6 Å². The molecule has 2 fully saturated rings. The van der Waals surface area contributed by atoms with E-state index in [0.29, 0.717) is 28.5 Å². The number of rotatable bonds is 11. The molecule has 290 valence electrons. The van der Waals surface area contributed by atoms with E-state index in [-0.39, 0.29) is 5.91 Å². The van der Waals surface area contributed by atoms with E-state index in [2.05, 4.69) is 47.1 Å². The lowest BCUT2D eigenvalue weighted by Crippen LogP contribution is -2.19. The van der Waals surface area contributed by atoms with Crippen LogP contribution in [0.5, 0.6) is 17.2 Å². The van der Waals surface area contributed by atoms with Gasteiger partial charge in [0.15, 0.2) is 21.4 Å². The van der Waals surface area contributed by atoms with Crippen molar-refractivity contribution < 1.29 is 19.0 Å². The smallest absolute Gasteiger partial charge is 0.255 e. The monoisotopic (exact) mass is 790 g/mol. The van der Waals surface area contributed by atoms with Crippen LogP contribution in [-0.2, 0) is 13.1 Å². The Hall–Kier alpha value is -5.41. The minimum atomic E-state index is -0.285. The van der Waals surface area contributed by atoms with Crippen LogP contribution in [0.2, 0.25) is 0 Å². The van der Waals surface area contributed by atoms with E-state index in [1.807, 2.05) is 48.5 Å². The highest BCUT2D eigenvalue weighted by Crippen LogP contribution is 2.39. The highest BCUT2D eigenvalue weighted by molar-refractivity contribution is 7.15. The van der Waals surface area contributed by atoms with Crippen molar-refractivity contribution in [2.45, 2.75) is 38.8 Å². The standard InChI is InChI=1S/C26H28N4O4S.C16H18N4S/c1-32-22-12-17(13-23(33-2)24(22)34-3)25(31)27-20-9-5-4-8-19(20)21-15-30-18(16-35-26(30)28-21)14-29-10-6-7-11-29;17-14-6-2-1-5-13(14)15-10-20-12(11-21-16(20)18-15)9-19-7-3-4-8-19/h4-5,8-9,12-13,15-16H,6-7,10-11,14H2,1-3H3,(H,27,31);1-2,5-6,10-11H,3-4,7-9,17H2. The molecular weight excluding hydrogens is 745 g/mol. The molecule has 0 spiro atoms. The minimum absolute atomic E-state index is 0.285. The van der Waals surface area contributed by atoms with Crippen molar-refractivity contribution in [3.05, 3.63) is 101 Å². The van der Waals surface area contributed by atoms with Crippen LogP contribution in [0.4, 0.5) is 11.4 Å². The minimum Gasteiger partial charge on any atom is -0.493 e. The first-order valence-electron chi connectivity index (χ1n) is 18.8. The number of amides is 1. The van der Waals surface area contributed by atoms with E-state index in [4.69, 9.17) is 29.9 Å². The molecule has 2 aliphatic rings. The molecule has 0 saturated carbocycles. The second kappa shape index (κ2) is 16.8. The molecule has 14 heteroatoms. The molecule has 0 unspecified atom stereocenters. The van der Waals surface area contributed by atoms with Crippen LogP contribution in [0, 0.1) is 0 Å². The third kappa shape index (κ3) is 7.82. The Balaban J connectivity index is 0.000000178. The number of aromatic nitrogens is 4. The highest BCUT2D eigenvalue weighted by Gasteiger charge is 2.21. The van der Waals surface area contributed by atoms with E-state index >= 15 is 0 Å². The Morgan fingerprint density at radius 2 is 1.21 bits per heavy atom. The Morgan fingerprint density at radius 1 is 0.714 bits per heavy atom. The zero-order chi connectivity index (χ0) is 38.6. The van der Waals surface area contributed by atoms with Crippen LogP contribution in [0.15, 0.2) is 83.8 Å². The van der Waals surface area contributed by atoms with Crippen molar-refractivity contribution in [2.75, 3.05) is 58.6 Å². The molecule has 0 bridgehead atoms. The van der Waals surface area contributed by atoms with Crippen LogP contribution in [0.3, 0.4) is 0 Å². The molecular formula is C42H46N8O4S2. The lowest BCUT2D eigenvalue weighted by molar-refractivity contribution is 0.102. The van der Waals surface area contributed by atoms with Crippen LogP contribution in [0.1, 0.15) is 47.4 Å². The summed E-state index contributed by atoms with van der Waals surface area (Å²) in [7, 11) is 4.58. The maximum Gasteiger partial charge on any atom is 0.255 e. The summed E-state index contributed by atoms with van der Waals surface area (Å²) in [4.78, 5) is 29.8. The van der Waals surface area contributed by atoms with Crippen molar-refractivity contribution in [3.63, 3.8) is 0 Å². The number of fused-ring (bicyclic) bond motifs is 2. The topological polar surface area (TPSA) is 124 Å². The first-order valence-corrected chi connectivity index (χ1v) is 20.6. The van der Waals surface area contributed by atoms with Gasteiger partial charge < -0.3 is 25.3 Å². The number of thiazole rings is 2. The average molecular weight is 791 g/mol. The largest absolute Gasteiger partial charge is 0.493 e. The number of benzene rings is 3. The van der Waals surface area contributed by atoms with E-state index in [1.165, 1.54) is 71.5 Å². The number of hydrogen-bond donors (Lipinski definition) is 2. The van der Waals surface area contributed by atoms with Crippen molar-refractivity contribution in [3.8, 4) is 39.8 Å². The van der Waals surface area contributed by atoms with Gasteiger partial charge >= 0.3 is 0 Å². The first-order chi connectivity index (χ1) is 27.4. The van der Waals surface area contributed by atoms with Crippen LogP contribution in [0.25, 0.3) is 32.4 Å². The van der Waals surface area contributed by atoms with Gasteiger partial charge in [0.2, 0.25) is 5.75 Å². The van der Waals surface area contributed by atoms with E-state index in [0.717, 1.165) is 64.3 Å². The highest BCUT2D eigenvalue weighted by atomic mass is 32.1. The lowest BCUT2D eigenvalue weighted by Gasteiger charge is -2.15. The van der Waals surface area contributed by atoms with E-state index < -0.39 is 0 Å². The number of anilines is 2. The molecule has 2 saturated heterocycles. The lowest BCUT2D eigenvalue weighted by atomic mass is 10.1. The molecule has 56 heavy (non-hydrogen) atoms. The van der Waals surface area contributed by atoms with Gasteiger partial charge in [-0.05, 0) is 76.1 Å². The van der Waals surface area contributed by atoms with Gasteiger partial charge in [-0.15, -0.1) is 22.7 Å². The quantitative estimate of drug-likeness (QED) is 0.125. The van der Waals surface area contributed by atoms with Gasteiger partial charge in [-0.3, -0.25) is 23.4 Å². The fourth-order valence-electron chi connectivity index (χ4n) is 7.44. The summed E-state index contributed by atoms with van der Waals surface area (Å²) in [6, 6.07) is 18.9. The van der Waals surface area contributed by atoms with Gasteiger partial charge in [0.1, 0.15) is 0 Å².